The van der Waals surface area contributed by atoms with Gasteiger partial charge in [0.15, 0.2) is 0 Å². The van der Waals surface area contributed by atoms with Crippen LogP contribution in [0.5, 0.6) is 5.88 Å². The molecule has 0 saturated heterocycles. The smallest absolute Gasteiger partial charge is 0.216 e. The zero-order chi connectivity index (χ0) is 8.55. The van der Waals surface area contributed by atoms with Crippen molar-refractivity contribution in [2.45, 2.75) is 18.8 Å². The molecular weight excluding hydrogens is 150 g/mol. The number of ether oxygens (including phenoxy) is 1. The first-order chi connectivity index (χ1) is 5.81. The lowest BCUT2D eigenvalue weighted by Gasteiger charge is -2.04. The Hall–Kier alpha value is -1.05. The summed E-state index contributed by atoms with van der Waals surface area (Å²) in [5, 5.41) is 0. The molecule has 1 heterocycles. The topological polar surface area (TPSA) is 22.1 Å². The molecule has 1 aromatic rings. The number of nitrogens with zero attached hydrogens (tertiary/aromatic N) is 1. The Morgan fingerprint density at radius 3 is 2.83 bits per heavy atom. The van der Waals surface area contributed by atoms with Crippen molar-refractivity contribution >= 4 is 0 Å². The number of rotatable bonds is 2. The van der Waals surface area contributed by atoms with Gasteiger partial charge < -0.3 is 4.74 Å². The summed E-state index contributed by atoms with van der Waals surface area (Å²) in [6, 6.07) is 2.07. The molecule has 1 aliphatic rings. The second-order valence-electron chi connectivity index (χ2n) is 3.21. The van der Waals surface area contributed by atoms with Crippen LogP contribution in [0.25, 0.3) is 0 Å². The van der Waals surface area contributed by atoms with Crippen LogP contribution in [-0.4, -0.2) is 12.1 Å². The van der Waals surface area contributed by atoms with Gasteiger partial charge in [-0.05, 0) is 37.3 Å². The van der Waals surface area contributed by atoms with Crippen LogP contribution in [0, 0.1) is 6.92 Å². The van der Waals surface area contributed by atoms with Crippen molar-refractivity contribution in [3.05, 3.63) is 30.3 Å². The average Bonchev–Trinajstić information content (AvgIpc) is 2.86. The molecule has 2 heteroatoms. The van der Waals surface area contributed by atoms with Gasteiger partial charge in [-0.25, -0.2) is 4.98 Å². The Morgan fingerprint density at radius 1 is 1.58 bits per heavy atom. The lowest BCUT2D eigenvalue weighted by Crippen LogP contribution is -1.92. The van der Waals surface area contributed by atoms with Crippen molar-refractivity contribution in [1.29, 1.82) is 0 Å². The molecule has 1 radical (unpaired) electrons. The summed E-state index contributed by atoms with van der Waals surface area (Å²) in [7, 11) is 1.62. The van der Waals surface area contributed by atoms with E-state index in [-0.39, 0.29) is 0 Å². The standard InChI is InChI=1S/C10H12NO/c1-7-5-9(8-3-4-8)6-11-10(7)12-2/h5-6,8H,1,3-4H2,2H3. The second kappa shape index (κ2) is 2.77. The van der Waals surface area contributed by atoms with Gasteiger partial charge in [0.1, 0.15) is 0 Å². The maximum atomic E-state index is 5.03. The third-order valence-corrected chi connectivity index (χ3v) is 2.19. The average molecular weight is 162 g/mol. The molecule has 0 N–H and O–H groups in total. The predicted molar refractivity (Wildman–Crippen MR) is 47.2 cm³/mol. The molecule has 2 nitrogen and oxygen atoms in total. The van der Waals surface area contributed by atoms with E-state index in [1.54, 1.807) is 7.11 Å². The Morgan fingerprint density at radius 2 is 2.33 bits per heavy atom. The Bertz CT molecular complexity index is 292. The maximum Gasteiger partial charge on any atom is 0.216 e. The second-order valence-corrected chi connectivity index (χ2v) is 3.21. The van der Waals surface area contributed by atoms with Gasteiger partial charge in [-0.1, -0.05) is 0 Å². The van der Waals surface area contributed by atoms with Crippen molar-refractivity contribution in [1.82, 2.24) is 4.98 Å². The summed E-state index contributed by atoms with van der Waals surface area (Å²) in [4.78, 5) is 4.17. The largest absolute Gasteiger partial charge is 0.481 e. The quantitative estimate of drug-likeness (QED) is 0.664. The van der Waals surface area contributed by atoms with E-state index < -0.39 is 0 Å². The molecule has 1 saturated carbocycles. The summed E-state index contributed by atoms with van der Waals surface area (Å²) in [5.74, 6) is 1.38. The van der Waals surface area contributed by atoms with Crippen LogP contribution >= 0.6 is 0 Å². The van der Waals surface area contributed by atoms with E-state index in [1.165, 1.54) is 18.4 Å². The first-order valence-corrected chi connectivity index (χ1v) is 4.17. The fourth-order valence-corrected chi connectivity index (χ4v) is 1.34. The van der Waals surface area contributed by atoms with Gasteiger partial charge in [0.25, 0.3) is 0 Å². The molecule has 0 aliphatic heterocycles. The van der Waals surface area contributed by atoms with Crippen LogP contribution < -0.4 is 4.74 Å². The van der Waals surface area contributed by atoms with E-state index >= 15 is 0 Å². The summed E-state index contributed by atoms with van der Waals surface area (Å²) in [5.41, 5.74) is 2.20. The Balaban J connectivity index is 2.30. The normalized spacial score (nSPS) is 16.2. The minimum Gasteiger partial charge on any atom is -0.481 e. The molecule has 0 amide bonds. The Kier molecular flexibility index (Phi) is 1.75. The van der Waals surface area contributed by atoms with Crippen molar-refractivity contribution in [2.75, 3.05) is 7.11 Å². The van der Waals surface area contributed by atoms with Gasteiger partial charge in [0, 0.05) is 11.8 Å². The number of pyridine rings is 1. The summed E-state index contributed by atoms with van der Waals surface area (Å²) < 4.78 is 5.03. The molecule has 1 aliphatic carbocycles. The van der Waals surface area contributed by atoms with Gasteiger partial charge in [-0.15, -0.1) is 0 Å². The lowest BCUT2D eigenvalue weighted by molar-refractivity contribution is 0.395. The van der Waals surface area contributed by atoms with E-state index in [9.17, 15) is 0 Å². The van der Waals surface area contributed by atoms with Gasteiger partial charge in [0.05, 0.1) is 7.11 Å². The molecule has 1 aromatic heterocycles. The molecule has 0 aromatic carbocycles. The fraction of sp³-hybridized carbons (Fsp3) is 0.400. The fourth-order valence-electron chi connectivity index (χ4n) is 1.34. The van der Waals surface area contributed by atoms with Gasteiger partial charge in [-0.3, -0.25) is 0 Å². The third kappa shape index (κ3) is 1.29. The van der Waals surface area contributed by atoms with Crippen LogP contribution in [0.2, 0.25) is 0 Å². The number of hydrogen-bond acceptors (Lipinski definition) is 2. The maximum absolute atomic E-state index is 5.03. The van der Waals surface area contributed by atoms with Crippen molar-refractivity contribution < 1.29 is 4.74 Å². The lowest BCUT2D eigenvalue weighted by atomic mass is 10.1. The summed E-state index contributed by atoms with van der Waals surface area (Å²) in [6.07, 6.45) is 4.49. The van der Waals surface area contributed by atoms with E-state index in [0.29, 0.717) is 5.88 Å². The minimum absolute atomic E-state index is 0.638. The highest BCUT2D eigenvalue weighted by molar-refractivity contribution is 5.35. The number of hydrogen-bond donors (Lipinski definition) is 0. The first kappa shape index (κ1) is 7.59. The molecular formula is C10H12NO. The van der Waals surface area contributed by atoms with Crippen LogP contribution in [-0.2, 0) is 0 Å². The van der Waals surface area contributed by atoms with Crippen LogP contribution in [0.15, 0.2) is 12.3 Å². The predicted octanol–water partition coefficient (Wildman–Crippen LogP) is 2.15. The molecule has 0 bridgehead atoms. The van der Waals surface area contributed by atoms with E-state index in [4.69, 9.17) is 4.74 Å². The zero-order valence-corrected chi connectivity index (χ0v) is 7.21. The summed E-state index contributed by atoms with van der Waals surface area (Å²) in [6.45, 7) is 3.87. The molecule has 2 rings (SSSR count). The highest BCUT2D eigenvalue weighted by atomic mass is 16.5. The third-order valence-electron chi connectivity index (χ3n) is 2.19. The van der Waals surface area contributed by atoms with Gasteiger partial charge in [-0.2, -0.15) is 0 Å². The van der Waals surface area contributed by atoms with Crippen LogP contribution in [0.3, 0.4) is 0 Å². The molecule has 0 unspecified atom stereocenters. The van der Waals surface area contributed by atoms with Crippen molar-refractivity contribution in [3.8, 4) is 5.88 Å². The van der Waals surface area contributed by atoms with E-state index in [1.807, 2.05) is 6.20 Å². The zero-order valence-electron chi connectivity index (χ0n) is 7.21. The number of methoxy groups -OCH3 is 1. The number of aromatic nitrogens is 1. The SMILES string of the molecule is [CH2]c1cc(C2CC2)cnc1OC. The van der Waals surface area contributed by atoms with E-state index in [0.717, 1.165) is 11.5 Å². The highest BCUT2D eigenvalue weighted by Gasteiger charge is 2.24. The molecule has 0 spiro atoms. The molecule has 63 valence electrons. The van der Waals surface area contributed by atoms with Crippen molar-refractivity contribution in [2.24, 2.45) is 0 Å². The minimum atomic E-state index is 0.638. The van der Waals surface area contributed by atoms with Crippen LogP contribution in [0.1, 0.15) is 29.9 Å². The molecule has 12 heavy (non-hydrogen) atoms. The first-order valence-electron chi connectivity index (χ1n) is 4.17. The van der Waals surface area contributed by atoms with E-state index in [2.05, 4.69) is 18.0 Å². The summed E-state index contributed by atoms with van der Waals surface area (Å²) >= 11 is 0. The van der Waals surface area contributed by atoms with Crippen LogP contribution in [0.4, 0.5) is 0 Å². The van der Waals surface area contributed by atoms with Crippen molar-refractivity contribution in [3.63, 3.8) is 0 Å². The monoisotopic (exact) mass is 162 g/mol. The highest BCUT2D eigenvalue weighted by Crippen LogP contribution is 2.40. The molecule has 0 atom stereocenters. The van der Waals surface area contributed by atoms with Gasteiger partial charge >= 0.3 is 0 Å². The Labute approximate surface area is 72.6 Å². The van der Waals surface area contributed by atoms with Gasteiger partial charge in [0.2, 0.25) is 5.88 Å². The molecule has 1 fully saturated rings.